The molecule has 23 heavy (non-hydrogen) atoms. The van der Waals surface area contributed by atoms with Crippen molar-refractivity contribution in [2.75, 3.05) is 7.11 Å². The number of methoxy groups -OCH3 is 1. The van der Waals surface area contributed by atoms with E-state index in [1.165, 1.54) is 6.08 Å². The molecule has 3 aromatic rings. The summed E-state index contributed by atoms with van der Waals surface area (Å²) in [5, 5.41) is 11.4. The van der Waals surface area contributed by atoms with Gasteiger partial charge in [-0.15, -0.1) is 0 Å². The first kappa shape index (κ1) is 14.9. The topological polar surface area (TPSA) is 46.5 Å². The first-order valence-electron chi connectivity index (χ1n) is 7.26. The van der Waals surface area contributed by atoms with E-state index >= 15 is 0 Å². The predicted octanol–water partition coefficient (Wildman–Crippen LogP) is 4.36. The molecule has 3 heteroatoms. The summed E-state index contributed by atoms with van der Waals surface area (Å²) in [4.78, 5) is 11.3. The third-order valence-electron chi connectivity index (χ3n) is 3.75. The van der Waals surface area contributed by atoms with Gasteiger partial charge in [-0.25, -0.2) is 4.79 Å². The van der Waals surface area contributed by atoms with Gasteiger partial charge in [0.1, 0.15) is 5.75 Å². The Morgan fingerprint density at radius 2 is 1.65 bits per heavy atom. The number of carbonyl (C=O) groups is 1. The Bertz CT molecular complexity index is 872. The molecule has 1 N–H and O–H groups in total. The highest BCUT2D eigenvalue weighted by atomic mass is 16.5. The van der Waals surface area contributed by atoms with Gasteiger partial charge in [-0.2, -0.15) is 0 Å². The van der Waals surface area contributed by atoms with Crippen LogP contribution in [0.3, 0.4) is 0 Å². The summed E-state index contributed by atoms with van der Waals surface area (Å²) in [7, 11) is 1.60. The van der Waals surface area contributed by atoms with Crippen molar-refractivity contribution in [3.05, 3.63) is 83.9 Å². The van der Waals surface area contributed by atoms with Crippen LogP contribution in [-0.4, -0.2) is 18.2 Å². The van der Waals surface area contributed by atoms with Crippen LogP contribution in [0, 0.1) is 0 Å². The highest BCUT2D eigenvalue weighted by Gasteiger charge is 2.11. The van der Waals surface area contributed by atoms with E-state index in [2.05, 4.69) is 0 Å². The Labute approximate surface area is 134 Å². The van der Waals surface area contributed by atoms with Gasteiger partial charge in [-0.3, -0.25) is 0 Å². The summed E-state index contributed by atoms with van der Waals surface area (Å²) in [5.41, 5.74) is 2.41. The fraction of sp³-hybridized carbons (Fsp3) is 0.0500. The third-order valence-corrected chi connectivity index (χ3v) is 3.75. The van der Waals surface area contributed by atoms with Crippen LogP contribution in [0.25, 0.3) is 16.3 Å². The van der Waals surface area contributed by atoms with Crippen LogP contribution in [0.2, 0.25) is 0 Å². The minimum absolute atomic E-state index is 0.678. The number of rotatable bonds is 4. The fourth-order valence-electron chi connectivity index (χ4n) is 2.67. The van der Waals surface area contributed by atoms with Gasteiger partial charge in [0.15, 0.2) is 0 Å². The Hall–Kier alpha value is -3.07. The number of carboxylic acid groups (broad SMARTS) is 1. The van der Waals surface area contributed by atoms with E-state index in [9.17, 15) is 9.90 Å². The molecule has 114 valence electrons. The highest BCUT2D eigenvalue weighted by Crippen LogP contribution is 2.30. The molecule has 0 aliphatic heterocycles. The van der Waals surface area contributed by atoms with Crippen molar-refractivity contribution in [3.8, 4) is 5.75 Å². The minimum Gasteiger partial charge on any atom is -0.497 e. The monoisotopic (exact) mass is 304 g/mol. The zero-order valence-electron chi connectivity index (χ0n) is 12.7. The molecule has 3 aromatic carbocycles. The van der Waals surface area contributed by atoms with Gasteiger partial charge in [0.2, 0.25) is 0 Å². The second-order valence-electron chi connectivity index (χ2n) is 5.15. The Morgan fingerprint density at radius 1 is 0.957 bits per heavy atom. The fourth-order valence-corrected chi connectivity index (χ4v) is 2.67. The third kappa shape index (κ3) is 3.09. The molecule has 0 aliphatic carbocycles. The molecule has 0 radical (unpaired) electrons. The van der Waals surface area contributed by atoms with Crippen LogP contribution in [-0.2, 0) is 4.79 Å². The van der Waals surface area contributed by atoms with Crippen LogP contribution in [0.5, 0.6) is 5.75 Å². The second-order valence-corrected chi connectivity index (χ2v) is 5.15. The number of benzene rings is 3. The summed E-state index contributed by atoms with van der Waals surface area (Å²) in [6.45, 7) is 0. The van der Waals surface area contributed by atoms with Crippen molar-refractivity contribution in [1.82, 2.24) is 0 Å². The van der Waals surface area contributed by atoms with Gasteiger partial charge in [-0.05, 0) is 39.6 Å². The van der Waals surface area contributed by atoms with Gasteiger partial charge >= 0.3 is 5.97 Å². The smallest absolute Gasteiger partial charge is 0.328 e. The lowest BCUT2D eigenvalue weighted by Crippen LogP contribution is -1.96. The average Bonchev–Trinajstić information content (AvgIpc) is 2.59. The van der Waals surface area contributed by atoms with Crippen LogP contribution in [0.1, 0.15) is 11.1 Å². The van der Waals surface area contributed by atoms with Crippen LogP contribution >= 0.6 is 0 Å². The predicted molar refractivity (Wildman–Crippen MR) is 91.7 cm³/mol. The molecule has 0 spiro atoms. The van der Waals surface area contributed by atoms with Crippen molar-refractivity contribution >= 4 is 22.3 Å². The second kappa shape index (κ2) is 6.36. The maximum atomic E-state index is 11.3. The van der Waals surface area contributed by atoms with Crippen LogP contribution < -0.4 is 4.74 Å². The van der Waals surface area contributed by atoms with Gasteiger partial charge < -0.3 is 9.84 Å². The average molecular weight is 304 g/mol. The molecule has 0 aromatic heterocycles. The number of aliphatic carboxylic acids is 1. The molecule has 0 fully saturated rings. The molecule has 3 rings (SSSR count). The SMILES string of the molecule is COc1ccc(/C(=C\C(=O)O)c2cccc3ccccc23)cc1. The molecule has 0 aliphatic rings. The lowest BCUT2D eigenvalue weighted by atomic mass is 9.93. The van der Waals surface area contributed by atoms with Gasteiger partial charge in [0.05, 0.1) is 7.11 Å². The first-order chi connectivity index (χ1) is 11.2. The highest BCUT2D eigenvalue weighted by molar-refractivity contribution is 6.03. The Morgan fingerprint density at radius 3 is 2.35 bits per heavy atom. The number of fused-ring (bicyclic) bond motifs is 1. The van der Waals surface area contributed by atoms with E-state index in [1.54, 1.807) is 7.11 Å². The number of hydrogen-bond donors (Lipinski definition) is 1. The first-order valence-corrected chi connectivity index (χ1v) is 7.26. The lowest BCUT2D eigenvalue weighted by molar-refractivity contribution is -0.131. The van der Waals surface area contributed by atoms with Gasteiger partial charge in [0, 0.05) is 6.08 Å². The molecule has 0 unspecified atom stereocenters. The molecule has 0 amide bonds. The summed E-state index contributed by atoms with van der Waals surface area (Å²) in [5.74, 6) is -0.231. The summed E-state index contributed by atoms with van der Waals surface area (Å²) in [6, 6.07) is 21.3. The summed E-state index contributed by atoms with van der Waals surface area (Å²) in [6.07, 6.45) is 1.25. The zero-order valence-corrected chi connectivity index (χ0v) is 12.7. The normalized spacial score (nSPS) is 11.4. The van der Waals surface area contributed by atoms with Crippen molar-refractivity contribution in [3.63, 3.8) is 0 Å². The van der Waals surface area contributed by atoms with E-state index in [4.69, 9.17) is 4.74 Å². The van der Waals surface area contributed by atoms with Crippen LogP contribution in [0.4, 0.5) is 0 Å². The Kier molecular flexibility index (Phi) is 4.11. The number of carboxylic acids is 1. The van der Waals surface area contributed by atoms with Gasteiger partial charge in [0.25, 0.3) is 0 Å². The number of ether oxygens (including phenoxy) is 1. The minimum atomic E-state index is -0.969. The maximum absolute atomic E-state index is 11.3. The maximum Gasteiger partial charge on any atom is 0.328 e. The van der Waals surface area contributed by atoms with E-state index in [-0.39, 0.29) is 0 Å². The van der Waals surface area contributed by atoms with Crippen molar-refractivity contribution in [2.24, 2.45) is 0 Å². The quantitative estimate of drug-likeness (QED) is 0.728. The van der Waals surface area contributed by atoms with Crippen molar-refractivity contribution in [1.29, 1.82) is 0 Å². The standard InChI is InChI=1S/C20H16O3/c1-23-16-11-9-15(10-12-16)19(13-20(21)22)18-8-4-6-14-5-2-3-7-17(14)18/h2-13H,1H3,(H,21,22)/b19-13+. The van der Waals surface area contributed by atoms with E-state index in [1.807, 2.05) is 66.7 Å². The number of hydrogen-bond acceptors (Lipinski definition) is 2. The molecule has 0 saturated heterocycles. The largest absolute Gasteiger partial charge is 0.497 e. The molecule has 0 atom stereocenters. The van der Waals surface area contributed by atoms with Crippen molar-refractivity contribution in [2.45, 2.75) is 0 Å². The molecule has 0 saturated carbocycles. The summed E-state index contributed by atoms with van der Waals surface area (Å²) >= 11 is 0. The molecular weight excluding hydrogens is 288 g/mol. The Balaban J connectivity index is 2.21. The molecule has 3 nitrogen and oxygen atoms in total. The van der Waals surface area contributed by atoms with Gasteiger partial charge in [-0.1, -0.05) is 54.6 Å². The van der Waals surface area contributed by atoms with E-state index in [0.717, 1.165) is 27.6 Å². The molecule has 0 heterocycles. The molecular formula is C20H16O3. The van der Waals surface area contributed by atoms with Crippen molar-refractivity contribution < 1.29 is 14.6 Å². The lowest BCUT2D eigenvalue weighted by Gasteiger charge is -2.12. The van der Waals surface area contributed by atoms with E-state index < -0.39 is 5.97 Å². The zero-order chi connectivity index (χ0) is 16.2. The van der Waals surface area contributed by atoms with Crippen LogP contribution in [0.15, 0.2) is 72.8 Å². The van der Waals surface area contributed by atoms with E-state index in [0.29, 0.717) is 5.57 Å². The molecule has 0 bridgehead atoms. The summed E-state index contributed by atoms with van der Waals surface area (Å²) < 4.78 is 5.17.